The predicted octanol–water partition coefficient (Wildman–Crippen LogP) is 0.886. The molecule has 0 heterocycles. The van der Waals surface area contributed by atoms with E-state index in [1.165, 1.54) is 38.3 Å². The van der Waals surface area contributed by atoms with Gasteiger partial charge in [-0.2, -0.15) is 0 Å². The molecule has 0 saturated heterocycles. The van der Waals surface area contributed by atoms with Gasteiger partial charge in [-0.05, 0) is 13.0 Å². The minimum Gasteiger partial charge on any atom is -0.467 e. The molecule has 0 aliphatic carbocycles. The number of para-hydroxylation sites is 1. The van der Waals surface area contributed by atoms with Crippen LogP contribution in [-0.2, 0) is 9.53 Å². The first-order chi connectivity index (χ1) is 8.47. The van der Waals surface area contributed by atoms with Crippen LogP contribution in [0.1, 0.15) is 17.3 Å². The fourth-order valence-electron chi connectivity index (χ4n) is 1.33. The van der Waals surface area contributed by atoms with Crippen molar-refractivity contribution in [2.45, 2.75) is 13.0 Å². The van der Waals surface area contributed by atoms with E-state index in [1.807, 2.05) is 0 Å². The van der Waals surface area contributed by atoms with E-state index in [0.717, 1.165) is 0 Å². The molecule has 1 rings (SSSR count). The zero-order chi connectivity index (χ0) is 13.7. The molecule has 0 aliphatic heterocycles. The molecule has 1 unspecified atom stereocenters. The lowest BCUT2D eigenvalue weighted by Crippen LogP contribution is -2.39. The van der Waals surface area contributed by atoms with Crippen LogP contribution in [0.4, 0.5) is 5.69 Å². The van der Waals surface area contributed by atoms with Gasteiger partial charge >= 0.3 is 5.97 Å². The van der Waals surface area contributed by atoms with E-state index in [1.54, 1.807) is 0 Å². The zero-order valence-electron chi connectivity index (χ0n) is 9.88. The molecule has 1 amide bonds. The smallest absolute Gasteiger partial charge is 0.328 e. The molecule has 96 valence electrons. The number of methoxy groups -OCH3 is 1. The molecule has 1 aromatic carbocycles. The number of carbonyl (C=O) groups is 2. The number of benzene rings is 1. The summed E-state index contributed by atoms with van der Waals surface area (Å²) in [4.78, 5) is 33.0. The van der Waals surface area contributed by atoms with Gasteiger partial charge in [-0.25, -0.2) is 4.79 Å². The number of esters is 1. The molecular weight excluding hydrogens is 240 g/mol. The minimum absolute atomic E-state index is 0.0988. The Morgan fingerprint density at radius 1 is 1.39 bits per heavy atom. The maximum atomic E-state index is 11.8. The van der Waals surface area contributed by atoms with Crippen LogP contribution in [0.25, 0.3) is 0 Å². The number of nitro benzene ring substituents is 1. The van der Waals surface area contributed by atoms with Crippen LogP contribution in [0.15, 0.2) is 24.3 Å². The summed E-state index contributed by atoms with van der Waals surface area (Å²) in [6, 6.07) is 4.63. The van der Waals surface area contributed by atoms with Gasteiger partial charge in [0.2, 0.25) is 0 Å². The lowest BCUT2D eigenvalue weighted by Gasteiger charge is -2.11. The van der Waals surface area contributed by atoms with E-state index in [-0.39, 0.29) is 11.3 Å². The van der Waals surface area contributed by atoms with Crippen LogP contribution in [-0.4, -0.2) is 30.0 Å². The summed E-state index contributed by atoms with van der Waals surface area (Å²) in [5.41, 5.74) is -0.412. The molecule has 0 bridgehead atoms. The van der Waals surface area contributed by atoms with Crippen LogP contribution in [0, 0.1) is 10.1 Å². The second kappa shape index (κ2) is 5.76. The highest BCUT2D eigenvalue weighted by Crippen LogP contribution is 2.17. The molecule has 1 aromatic rings. The minimum atomic E-state index is -0.873. The maximum absolute atomic E-state index is 11.8. The van der Waals surface area contributed by atoms with E-state index in [4.69, 9.17) is 0 Å². The molecule has 0 aromatic heterocycles. The van der Waals surface area contributed by atoms with Crippen molar-refractivity contribution in [2.75, 3.05) is 7.11 Å². The van der Waals surface area contributed by atoms with Gasteiger partial charge in [0.25, 0.3) is 11.6 Å². The highest BCUT2D eigenvalue weighted by atomic mass is 16.6. The average Bonchev–Trinajstić information content (AvgIpc) is 2.37. The van der Waals surface area contributed by atoms with Gasteiger partial charge < -0.3 is 10.1 Å². The molecular formula is C11H12N2O5. The molecule has 18 heavy (non-hydrogen) atoms. The monoisotopic (exact) mass is 252 g/mol. The highest BCUT2D eigenvalue weighted by molar-refractivity contribution is 5.99. The summed E-state index contributed by atoms with van der Waals surface area (Å²) in [7, 11) is 1.19. The Bertz CT molecular complexity index is 486. The number of rotatable bonds is 4. The van der Waals surface area contributed by atoms with Crippen LogP contribution >= 0.6 is 0 Å². The van der Waals surface area contributed by atoms with E-state index in [2.05, 4.69) is 10.1 Å². The quantitative estimate of drug-likeness (QED) is 0.487. The van der Waals surface area contributed by atoms with Crippen molar-refractivity contribution in [3.05, 3.63) is 39.9 Å². The molecule has 0 radical (unpaired) electrons. The Labute approximate surface area is 103 Å². The Kier molecular flexibility index (Phi) is 4.36. The number of nitro groups is 1. The summed E-state index contributed by atoms with van der Waals surface area (Å²) in [6.07, 6.45) is 0. The second-order valence-electron chi connectivity index (χ2n) is 3.49. The zero-order valence-corrected chi connectivity index (χ0v) is 9.88. The normalized spacial score (nSPS) is 11.4. The topological polar surface area (TPSA) is 98.5 Å². The van der Waals surface area contributed by atoms with Crippen molar-refractivity contribution in [2.24, 2.45) is 0 Å². The first-order valence-electron chi connectivity index (χ1n) is 5.09. The van der Waals surface area contributed by atoms with E-state index < -0.39 is 22.8 Å². The molecule has 1 atom stereocenters. The maximum Gasteiger partial charge on any atom is 0.328 e. The fraction of sp³-hybridized carbons (Fsp3) is 0.273. The van der Waals surface area contributed by atoms with Crippen molar-refractivity contribution >= 4 is 17.6 Å². The SMILES string of the molecule is COC(=O)C(C)NC(=O)c1ccccc1[N+](=O)[O-]. The average molecular weight is 252 g/mol. The predicted molar refractivity (Wildman–Crippen MR) is 62.0 cm³/mol. The molecule has 0 saturated carbocycles. The lowest BCUT2D eigenvalue weighted by molar-refractivity contribution is -0.385. The first kappa shape index (κ1) is 13.6. The number of nitrogens with one attached hydrogen (secondary N) is 1. The highest BCUT2D eigenvalue weighted by Gasteiger charge is 2.22. The first-order valence-corrected chi connectivity index (χ1v) is 5.09. The third kappa shape index (κ3) is 3.03. The lowest BCUT2D eigenvalue weighted by atomic mass is 10.1. The largest absolute Gasteiger partial charge is 0.467 e. The van der Waals surface area contributed by atoms with Gasteiger partial charge in [-0.3, -0.25) is 14.9 Å². The number of carbonyl (C=O) groups excluding carboxylic acids is 2. The summed E-state index contributed by atoms with van der Waals surface area (Å²) in [5.74, 6) is -1.32. The third-order valence-corrected chi connectivity index (χ3v) is 2.25. The van der Waals surface area contributed by atoms with E-state index in [0.29, 0.717) is 0 Å². The van der Waals surface area contributed by atoms with Gasteiger partial charge in [0.05, 0.1) is 12.0 Å². The van der Waals surface area contributed by atoms with Crippen molar-refractivity contribution in [3.63, 3.8) is 0 Å². The summed E-state index contributed by atoms with van der Waals surface area (Å²) in [6.45, 7) is 1.43. The molecule has 7 nitrogen and oxygen atoms in total. The number of hydrogen-bond donors (Lipinski definition) is 1. The molecule has 1 N–H and O–H groups in total. The van der Waals surface area contributed by atoms with Crippen LogP contribution in [0.5, 0.6) is 0 Å². The van der Waals surface area contributed by atoms with Crippen molar-refractivity contribution < 1.29 is 19.2 Å². The van der Waals surface area contributed by atoms with Gasteiger partial charge in [-0.1, -0.05) is 12.1 Å². The van der Waals surface area contributed by atoms with Crippen molar-refractivity contribution in [3.8, 4) is 0 Å². The Balaban J connectivity index is 2.91. The Hall–Kier alpha value is -2.44. The van der Waals surface area contributed by atoms with E-state index in [9.17, 15) is 19.7 Å². The Morgan fingerprint density at radius 2 is 2.00 bits per heavy atom. The third-order valence-electron chi connectivity index (χ3n) is 2.25. The van der Waals surface area contributed by atoms with Gasteiger partial charge in [0.15, 0.2) is 0 Å². The van der Waals surface area contributed by atoms with Gasteiger partial charge in [0.1, 0.15) is 11.6 Å². The number of ether oxygens (including phenoxy) is 1. The number of hydrogen-bond acceptors (Lipinski definition) is 5. The molecule has 0 fully saturated rings. The summed E-state index contributed by atoms with van der Waals surface area (Å²) < 4.78 is 4.44. The second-order valence-corrected chi connectivity index (χ2v) is 3.49. The number of amides is 1. The van der Waals surface area contributed by atoms with Gasteiger partial charge in [0, 0.05) is 6.07 Å². The van der Waals surface area contributed by atoms with E-state index >= 15 is 0 Å². The number of nitrogens with zero attached hydrogens (tertiary/aromatic N) is 1. The van der Waals surface area contributed by atoms with Crippen LogP contribution in [0.2, 0.25) is 0 Å². The molecule has 0 aliphatic rings. The fourth-order valence-corrected chi connectivity index (χ4v) is 1.33. The van der Waals surface area contributed by atoms with Crippen LogP contribution in [0.3, 0.4) is 0 Å². The molecule has 0 spiro atoms. The Morgan fingerprint density at radius 3 is 2.56 bits per heavy atom. The van der Waals surface area contributed by atoms with Gasteiger partial charge in [-0.15, -0.1) is 0 Å². The molecule has 7 heteroatoms. The van der Waals surface area contributed by atoms with Crippen molar-refractivity contribution in [1.82, 2.24) is 5.32 Å². The van der Waals surface area contributed by atoms with Crippen molar-refractivity contribution in [1.29, 1.82) is 0 Å². The summed E-state index contributed by atoms with van der Waals surface area (Å²) in [5, 5.41) is 13.1. The van der Waals surface area contributed by atoms with Crippen LogP contribution < -0.4 is 5.32 Å². The standard InChI is InChI=1S/C11H12N2O5/c1-7(11(15)18-2)12-10(14)8-5-3-4-6-9(8)13(16)17/h3-7H,1-2H3,(H,12,14). The summed E-state index contributed by atoms with van der Waals surface area (Å²) >= 11 is 0.